The van der Waals surface area contributed by atoms with Crippen LogP contribution in [0.4, 0.5) is 0 Å². The lowest BCUT2D eigenvalue weighted by Crippen LogP contribution is -2.41. The van der Waals surface area contributed by atoms with E-state index in [1.807, 2.05) is 12.1 Å². The Kier molecular flexibility index (Phi) is 5.34. The van der Waals surface area contributed by atoms with Crippen LogP contribution in [0.15, 0.2) is 29.3 Å². The minimum absolute atomic E-state index is 0.175. The third-order valence-corrected chi connectivity index (χ3v) is 5.94. The first-order chi connectivity index (χ1) is 13.2. The fourth-order valence-corrected chi connectivity index (χ4v) is 4.04. The summed E-state index contributed by atoms with van der Waals surface area (Å²) in [6.45, 7) is 2.51. The Balaban J connectivity index is 1.35. The van der Waals surface area contributed by atoms with Gasteiger partial charge in [-0.25, -0.2) is 0 Å². The van der Waals surface area contributed by atoms with E-state index in [0.29, 0.717) is 6.54 Å². The van der Waals surface area contributed by atoms with E-state index in [0.717, 1.165) is 42.1 Å². The number of nitrogens with one attached hydrogen (secondary N) is 2. The van der Waals surface area contributed by atoms with Gasteiger partial charge in [0.15, 0.2) is 11.8 Å². The monoisotopic (exact) mass is 386 g/mol. The van der Waals surface area contributed by atoms with E-state index in [9.17, 15) is 0 Å². The van der Waals surface area contributed by atoms with Crippen molar-refractivity contribution in [2.75, 3.05) is 13.6 Å². The normalized spacial score (nSPS) is 18.5. The molecule has 7 heteroatoms. The molecule has 1 aliphatic heterocycles. The average Bonchev–Trinajstić information content (AvgIpc) is 3.43. The van der Waals surface area contributed by atoms with Crippen molar-refractivity contribution >= 4 is 17.6 Å². The highest BCUT2D eigenvalue weighted by Crippen LogP contribution is 2.48. The maximum absolute atomic E-state index is 6.17. The van der Waals surface area contributed by atoms with E-state index in [2.05, 4.69) is 42.5 Å². The SMILES string of the molecule is CN=C(NCc1nnc2n1CCCCC2)NCC1(c2cccc(Cl)c2)CC1. The number of halogens is 1. The standard InChI is InChI=1S/C20H27ClN6/c1-22-19(23-13-18-26-25-17-8-3-2-4-11-27(17)18)24-14-20(9-10-20)15-6-5-7-16(21)12-15/h5-7,12H,2-4,8-11,13-14H2,1H3,(H2,22,23,24). The Bertz CT molecular complexity index is 824. The molecular weight excluding hydrogens is 360 g/mol. The Morgan fingerprint density at radius 2 is 2.11 bits per heavy atom. The fourth-order valence-electron chi connectivity index (χ4n) is 3.85. The minimum atomic E-state index is 0.175. The number of hydrogen-bond donors (Lipinski definition) is 2. The Labute approximate surface area is 165 Å². The molecule has 144 valence electrons. The summed E-state index contributed by atoms with van der Waals surface area (Å²) >= 11 is 6.17. The summed E-state index contributed by atoms with van der Waals surface area (Å²) in [5, 5.41) is 16.4. The van der Waals surface area contributed by atoms with Crippen LogP contribution in [0.3, 0.4) is 0 Å². The molecule has 2 aromatic rings. The van der Waals surface area contributed by atoms with Gasteiger partial charge in [0, 0.05) is 37.0 Å². The van der Waals surface area contributed by atoms with Crippen molar-refractivity contribution in [2.45, 2.75) is 57.0 Å². The van der Waals surface area contributed by atoms with Gasteiger partial charge in [0.05, 0.1) is 6.54 Å². The van der Waals surface area contributed by atoms with Crippen molar-refractivity contribution in [2.24, 2.45) is 4.99 Å². The van der Waals surface area contributed by atoms with Crippen LogP contribution in [0, 0.1) is 0 Å². The summed E-state index contributed by atoms with van der Waals surface area (Å²) in [4.78, 5) is 4.37. The predicted octanol–water partition coefficient (Wildman–Crippen LogP) is 3.05. The molecular formula is C20H27ClN6. The van der Waals surface area contributed by atoms with E-state index in [1.54, 1.807) is 7.05 Å². The van der Waals surface area contributed by atoms with Crippen molar-refractivity contribution in [1.29, 1.82) is 0 Å². The second-order valence-electron chi connectivity index (χ2n) is 7.56. The number of aliphatic imine (C=N–C) groups is 1. The van der Waals surface area contributed by atoms with Crippen molar-refractivity contribution < 1.29 is 0 Å². The van der Waals surface area contributed by atoms with Crippen LogP contribution in [-0.2, 0) is 24.9 Å². The minimum Gasteiger partial charge on any atom is -0.356 e. The van der Waals surface area contributed by atoms with Crippen LogP contribution in [0.2, 0.25) is 5.02 Å². The van der Waals surface area contributed by atoms with Gasteiger partial charge in [0.25, 0.3) is 0 Å². The molecule has 0 unspecified atom stereocenters. The molecule has 0 amide bonds. The molecule has 1 fully saturated rings. The van der Waals surface area contributed by atoms with E-state index < -0.39 is 0 Å². The fraction of sp³-hybridized carbons (Fsp3) is 0.550. The van der Waals surface area contributed by atoms with Gasteiger partial charge in [-0.1, -0.05) is 30.2 Å². The Morgan fingerprint density at radius 1 is 1.22 bits per heavy atom. The molecule has 0 bridgehead atoms. The lowest BCUT2D eigenvalue weighted by Gasteiger charge is -2.19. The third kappa shape index (κ3) is 4.10. The number of rotatable bonds is 5. The lowest BCUT2D eigenvalue weighted by atomic mass is 9.96. The number of nitrogens with zero attached hydrogens (tertiary/aromatic N) is 4. The average molecular weight is 387 g/mol. The first kappa shape index (κ1) is 18.3. The van der Waals surface area contributed by atoms with Gasteiger partial charge < -0.3 is 15.2 Å². The Hall–Kier alpha value is -2.08. The van der Waals surface area contributed by atoms with Gasteiger partial charge in [-0.05, 0) is 43.4 Å². The number of guanidine groups is 1. The molecule has 0 spiro atoms. The highest BCUT2D eigenvalue weighted by molar-refractivity contribution is 6.30. The summed E-state index contributed by atoms with van der Waals surface area (Å²) < 4.78 is 2.27. The Morgan fingerprint density at radius 3 is 2.89 bits per heavy atom. The van der Waals surface area contributed by atoms with Crippen molar-refractivity contribution in [3.05, 3.63) is 46.5 Å². The molecule has 1 aliphatic carbocycles. The zero-order valence-corrected chi connectivity index (χ0v) is 16.6. The number of fused-ring (bicyclic) bond motifs is 1. The largest absolute Gasteiger partial charge is 0.356 e. The van der Waals surface area contributed by atoms with Gasteiger partial charge in [0.2, 0.25) is 0 Å². The van der Waals surface area contributed by atoms with Gasteiger partial charge in [-0.2, -0.15) is 0 Å². The number of hydrogen-bond acceptors (Lipinski definition) is 3. The van der Waals surface area contributed by atoms with Crippen LogP contribution in [0.1, 0.15) is 49.3 Å². The zero-order chi connectivity index (χ0) is 18.7. The van der Waals surface area contributed by atoms with E-state index in [4.69, 9.17) is 11.6 Å². The number of aryl methyl sites for hydroxylation is 1. The highest BCUT2D eigenvalue weighted by Gasteiger charge is 2.44. The van der Waals surface area contributed by atoms with Crippen LogP contribution in [0.5, 0.6) is 0 Å². The smallest absolute Gasteiger partial charge is 0.191 e. The predicted molar refractivity (Wildman–Crippen MR) is 108 cm³/mol. The van der Waals surface area contributed by atoms with E-state index in [-0.39, 0.29) is 5.41 Å². The van der Waals surface area contributed by atoms with Crippen molar-refractivity contribution in [1.82, 2.24) is 25.4 Å². The lowest BCUT2D eigenvalue weighted by molar-refractivity contribution is 0.593. The molecule has 0 saturated heterocycles. The van der Waals surface area contributed by atoms with Gasteiger partial charge in [-0.15, -0.1) is 10.2 Å². The number of benzene rings is 1. The first-order valence-electron chi connectivity index (χ1n) is 9.82. The summed E-state index contributed by atoms with van der Waals surface area (Å²) in [5.74, 6) is 2.91. The molecule has 2 N–H and O–H groups in total. The summed E-state index contributed by atoms with van der Waals surface area (Å²) in [5.41, 5.74) is 1.48. The summed E-state index contributed by atoms with van der Waals surface area (Å²) in [6, 6.07) is 8.21. The second-order valence-corrected chi connectivity index (χ2v) is 8.00. The quantitative estimate of drug-likeness (QED) is 0.612. The van der Waals surface area contributed by atoms with Gasteiger partial charge >= 0.3 is 0 Å². The van der Waals surface area contributed by atoms with Gasteiger partial charge in [-0.3, -0.25) is 4.99 Å². The zero-order valence-electron chi connectivity index (χ0n) is 15.8. The highest BCUT2D eigenvalue weighted by atomic mass is 35.5. The molecule has 27 heavy (non-hydrogen) atoms. The first-order valence-corrected chi connectivity index (χ1v) is 10.2. The summed E-state index contributed by atoms with van der Waals surface area (Å²) in [7, 11) is 1.80. The molecule has 0 atom stereocenters. The third-order valence-electron chi connectivity index (χ3n) is 5.71. The maximum atomic E-state index is 6.17. The van der Waals surface area contributed by atoms with Crippen molar-refractivity contribution in [3.63, 3.8) is 0 Å². The molecule has 2 aliphatic rings. The molecule has 1 aromatic carbocycles. The molecule has 4 rings (SSSR count). The van der Waals surface area contributed by atoms with Crippen LogP contribution in [0.25, 0.3) is 0 Å². The van der Waals surface area contributed by atoms with Crippen molar-refractivity contribution in [3.8, 4) is 0 Å². The van der Waals surface area contributed by atoms with Crippen LogP contribution >= 0.6 is 11.6 Å². The second kappa shape index (κ2) is 7.89. The maximum Gasteiger partial charge on any atom is 0.191 e. The molecule has 2 heterocycles. The topological polar surface area (TPSA) is 67.1 Å². The number of aromatic nitrogens is 3. The molecule has 6 nitrogen and oxygen atoms in total. The van der Waals surface area contributed by atoms with E-state index >= 15 is 0 Å². The summed E-state index contributed by atoms with van der Waals surface area (Å²) in [6.07, 6.45) is 7.06. The van der Waals surface area contributed by atoms with Crippen LogP contribution in [-0.4, -0.2) is 34.3 Å². The van der Waals surface area contributed by atoms with Gasteiger partial charge in [0.1, 0.15) is 5.82 Å². The molecule has 1 saturated carbocycles. The molecule has 0 radical (unpaired) electrons. The molecule has 1 aromatic heterocycles. The van der Waals surface area contributed by atoms with Crippen LogP contribution < -0.4 is 10.6 Å². The van der Waals surface area contributed by atoms with E-state index in [1.165, 1.54) is 37.7 Å².